The second kappa shape index (κ2) is 5.51. The number of hydrogen-bond donors (Lipinski definition) is 1. The Kier molecular flexibility index (Phi) is 3.79. The van der Waals surface area contributed by atoms with E-state index in [-0.39, 0.29) is 5.69 Å². The molecule has 0 radical (unpaired) electrons. The third kappa shape index (κ3) is 2.43. The molecule has 0 aliphatic heterocycles. The van der Waals surface area contributed by atoms with Crippen molar-refractivity contribution in [3.8, 4) is 11.3 Å². The van der Waals surface area contributed by atoms with Gasteiger partial charge in [-0.3, -0.25) is 0 Å². The fourth-order valence-electron chi connectivity index (χ4n) is 1.94. The van der Waals surface area contributed by atoms with E-state index in [2.05, 4.69) is 0 Å². The maximum Gasteiger partial charge on any atom is 0.352 e. The lowest BCUT2D eigenvalue weighted by atomic mass is 10.1. The highest BCUT2D eigenvalue weighted by atomic mass is 16.5. The molecule has 4 nitrogen and oxygen atoms in total. The summed E-state index contributed by atoms with van der Waals surface area (Å²) in [7, 11) is 1.60. The number of rotatable bonds is 5. The van der Waals surface area contributed by atoms with Crippen LogP contribution in [0.25, 0.3) is 11.3 Å². The topological polar surface area (TPSA) is 51.5 Å². The fourth-order valence-corrected chi connectivity index (χ4v) is 1.94. The van der Waals surface area contributed by atoms with Gasteiger partial charge in [-0.2, -0.15) is 0 Å². The van der Waals surface area contributed by atoms with Crippen molar-refractivity contribution in [2.75, 3.05) is 13.7 Å². The van der Waals surface area contributed by atoms with Gasteiger partial charge in [-0.1, -0.05) is 30.3 Å². The van der Waals surface area contributed by atoms with E-state index in [1.807, 2.05) is 36.4 Å². The Hall–Kier alpha value is -2.07. The Balaban J connectivity index is 2.44. The Morgan fingerprint density at radius 2 is 1.94 bits per heavy atom. The molecule has 0 saturated carbocycles. The molecule has 0 aliphatic rings. The Bertz CT molecular complexity index is 531. The van der Waals surface area contributed by atoms with Crippen LogP contribution in [-0.4, -0.2) is 29.4 Å². The molecule has 0 bridgehead atoms. The Labute approximate surface area is 105 Å². The van der Waals surface area contributed by atoms with Crippen LogP contribution in [-0.2, 0) is 11.3 Å². The average Bonchev–Trinajstić information content (AvgIpc) is 2.81. The molecule has 2 rings (SSSR count). The quantitative estimate of drug-likeness (QED) is 0.880. The number of methoxy groups -OCH3 is 1. The summed E-state index contributed by atoms with van der Waals surface area (Å²) < 4.78 is 6.79. The monoisotopic (exact) mass is 245 g/mol. The summed E-state index contributed by atoms with van der Waals surface area (Å²) in [5, 5.41) is 9.16. The molecule has 0 saturated heterocycles. The fraction of sp³-hybridized carbons (Fsp3) is 0.214. The normalized spacial score (nSPS) is 10.5. The zero-order valence-electron chi connectivity index (χ0n) is 10.2. The standard InChI is InChI=1S/C14H15NO3/c1-18-10-9-15-12(7-8-13(15)14(16)17)11-5-3-2-4-6-11/h2-8H,9-10H2,1H3,(H,16,17). The summed E-state index contributed by atoms with van der Waals surface area (Å²) in [6.07, 6.45) is 0. The molecule has 1 heterocycles. The highest BCUT2D eigenvalue weighted by Crippen LogP contribution is 2.22. The van der Waals surface area contributed by atoms with Gasteiger partial charge < -0.3 is 14.4 Å². The van der Waals surface area contributed by atoms with Crippen molar-refractivity contribution in [2.24, 2.45) is 0 Å². The molecular weight excluding hydrogens is 230 g/mol. The van der Waals surface area contributed by atoms with E-state index in [4.69, 9.17) is 9.84 Å². The van der Waals surface area contributed by atoms with Crippen LogP contribution in [0.5, 0.6) is 0 Å². The first-order valence-electron chi connectivity index (χ1n) is 5.71. The van der Waals surface area contributed by atoms with Gasteiger partial charge in [0.15, 0.2) is 0 Å². The van der Waals surface area contributed by atoms with Gasteiger partial charge in [-0.25, -0.2) is 4.79 Å². The van der Waals surface area contributed by atoms with E-state index >= 15 is 0 Å². The number of benzene rings is 1. The molecule has 0 aliphatic carbocycles. The minimum absolute atomic E-state index is 0.283. The van der Waals surface area contributed by atoms with Crippen molar-refractivity contribution in [1.82, 2.24) is 4.57 Å². The summed E-state index contributed by atoms with van der Waals surface area (Å²) in [6.45, 7) is 1.00. The van der Waals surface area contributed by atoms with Crippen molar-refractivity contribution >= 4 is 5.97 Å². The molecule has 0 unspecified atom stereocenters. The van der Waals surface area contributed by atoms with Gasteiger partial charge in [-0.15, -0.1) is 0 Å². The summed E-state index contributed by atoms with van der Waals surface area (Å²) in [4.78, 5) is 11.2. The second-order valence-electron chi connectivity index (χ2n) is 3.92. The second-order valence-corrected chi connectivity index (χ2v) is 3.92. The number of carboxylic acids is 1. The van der Waals surface area contributed by atoms with Crippen LogP contribution in [0.15, 0.2) is 42.5 Å². The van der Waals surface area contributed by atoms with E-state index in [0.29, 0.717) is 13.2 Å². The van der Waals surface area contributed by atoms with Crippen LogP contribution in [0.1, 0.15) is 10.5 Å². The van der Waals surface area contributed by atoms with Gasteiger partial charge in [0, 0.05) is 19.3 Å². The zero-order chi connectivity index (χ0) is 13.0. The van der Waals surface area contributed by atoms with Crippen molar-refractivity contribution in [3.63, 3.8) is 0 Å². The van der Waals surface area contributed by atoms with Crippen LogP contribution >= 0.6 is 0 Å². The van der Waals surface area contributed by atoms with Crippen LogP contribution in [0.4, 0.5) is 0 Å². The lowest BCUT2D eigenvalue weighted by molar-refractivity contribution is 0.0683. The first-order valence-corrected chi connectivity index (χ1v) is 5.71. The van der Waals surface area contributed by atoms with Crippen LogP contribution in [0.3, 0.4) is 0 Å². The maximum atomic E-state index is 11.2. The summed E-state index contributed by atoms with van der Waals surface area (Å²) in [6, 6.07) is 13.2. The molecule has 1 aromatic carbocycles. The van der Waals surface area contributed by atoms with Gasteiger partial charge in [-0.05, 0) is 17.7 Å². The molecule has 18 heavy (non-hydrogen) atoms. The largest absolute Gasteiger partial charge is 0.477 e. The maximum absolute atomic E-state index is 11.2. The molecular formula is C14H15NO3. The molecule has 1 aromatic heterocycles. The van der Waals surface area contributed by atoms with Crippen molar-refractivity contribution in [3.05, 3.63) is 48.2 Å². The number of nitrogens with zero attached hydrogens (tertiary/aromatic N) is 1. The Morgan fingerprint density at radius 3 is 2.56 bits per heavy atom. The molecule has 4 heteroatoms. The first kappa shape index (κ1) is 12.4. The van der Waals surface area contributed by atoms with Gasteiger partial charge in [0.25, 0.3) is 0 Å². The van der Waals surface area contributed by atoms with Crippen molar-refractivity contribution in [2.45, 2.75) is 6.54 Å². The lowest BCUT2D eigenvalue weighted by Crippen LogP contribution is -2.12. The highest BCUT2D eigenvalue weighted by molar-refractivity contribution is 5.87. The number of aromatic carboxylic acids is 1. The number of ether oxygens (including phenoxy) is 1. The molecule has 1 N–H and O–H groups in total. The van der Waals surface area contributed by atoms with Crippen LogP contribution < -0.4 is 0 Å². The van der Waals surface area contributed by atoms with Crippen LogP contribution in [0, 0.1) is 0 Å². The van der Waals surface area contributed by atoms with E-state index < -0.39 is 5.97 Å². The Morgan fingerprint density at radius 1 is 1.22 bits per heavy atom. The predicted octanol–water partition coefficient (Wildman–Crippen LogP) is 2.50. The van der Waals surface area contributed by atoms with Gasteiger partial charge >= 0.3 is 5.97 Å². The van der Waals surface area contributed by atoms with E-state index in [9.17, 15) is 4.79 Å². The van der Waals surface area contributed by atoms with Crippen molar-refractivity contribution < 1.29 is 14.6 Å². The average molecular weight is 245 g/mol. The van der Waals surface area contributed by atoms with Gasteiger partial charge in [0.2, 0.25) is 0 Å². The number of hydrogen-bond acceptors (Lipinski definition) is 2. The molecule has 94 valence electrons. The van der Waals surface area contributed by atoms with E-state index in [0.717, 1.165) is 11.3 Å². The minimum Gasteiger partial charge on any atom is -0.477 e. The summed E-state index contributed by atoms with van der Waals surface area (Å²) >= 11 is 0. The minimum atomic E-state index is -0.923. The summed E-state index contributed by atoms with van der Waals surface area (Å²) in [5.74, 6) is -0.923. The smallest absolute Gasteiger partial charge is 0.352 e. The van der Waals surface area contributed by atoms with Gasteiger partial charge in [0.05, 0.1) is 6.61 Å². The predicted molar refractivity (Wildman–Crippen MR) is 68.7 cm³/mol. The number of carbonyl (C=O) groups is 1. The zero-order valence-corrected chi connectivity index (χ0v) is 10.2. The molecule has 0 amide bonds. The first-order chi connectivity index (χ1) is 8.74. The van der Waals surface area contributed by atoms with Gasteiger partial charge in [0.1, 0.15) is 5.69 Å². The highest BCUT2D eigenvalue weighted by Gasteiger charge is 2.14. The molecule has 0 atom stereocenters. The van der Waals surface area contributed by atoms with Crippen molar-refractivity contribution in [1.29, 1.82) is 0 Å². The van der Waals surface area contributed by atoms with E-state index in [1.54, 1.807) is 17.7 Å². The third-order valence-corrected chi connectivity index (χ3v) is 2.79. The SMILES string of the molecule is COCCn1c(C(=O)O)ccc1-c1ccccc1. The lowest BCUT2D eigenvalue weighted by Gasteiger charge is -2.11. The summed E-state index contributed by atoms with van der Waals surface area (Å²) in [5.41, 5.74) is 2.18. The van der Waals surface area contributed by atoms with E-state index in [1.165, 1.54) is 0 Å². The molecule has 0 spiro atoms. The number of carboxylic acid groups (broad SMARTS) is 1. The molecule has 2 aromatic rings. The third-order valence-electron chi connectivity index (χ3n) is 2.79. The number of aromatic nitrogens is 1. The molecule has 0 fully saturated rings. The van der Waals surface area contributed by atoms with Crippen LogP contribution in [0.2, 0.25) is 0 Å².